The van der Waals surface area contributed by atoms with Crippen LogP contribution in [0.5, 0.6) is 0 Å². The highest BCUT2D eigenvalue weighted by Gasteiger charge is 2.13. The smallest absolute Gasteiger partial charge is 0.304 e. The molecule has 1 aromatic rings. The average Bonchev–Trinajstić information content (AvgIpc) is 2.39. The third kappa shape index (κ3) is 1.57. The number of rotatable bonds is 1. The Labute approximate surface area is 78.2 Å². The molecule has 0 aliphatic carbocycles. The van der Waals surface area contributed by atoms with Crippen LogP contribution in [0.3, 0.4) is 0 Å². The summed E-state index contributed by atoms with van der Waals surface area (Å²) in [4.78, 5) is 12.4. The topological polar surface area (TPSA) is 20.3 Å². The summed E-state index contributed by atoms with van der Waals surface area (Å²) in [6.45, 7) is 0.806. The zero-order valence-electron chi connectivity index (χ0n) is 7.49. The summed E-state index contributed by atoms with van der Waals surface area (Å²) >= 11 is 0. The highest BCUT2D eigenvalue weighted by molar-refractivity contribution is 5.77. The second kappa shape index (κ2) is 3.60. The fourth-order valence-corrected chi connectivity index (χ4v) is 1.79. The van der Waals surface area contributed by atoms with Crippen LogP contribution in [0.25, 0.3) is 0 Å². The molecule has 1 aliphatic heterocycles. The zero-order chi connectivity index (χ0) is 9.10. The van der Waals surface area contributed by atoms with Gasteiger partial charge in [-0.05, 0) is 30.9 Å². The normalized spacial score (nSPS) is 16.2. The molecule has 2 rings (SSSR count). The Hall–Kier alpha value is -1.31. The van der Waals surface area contributed by atoms with Crippen molar-refractivity contribution in [1.29, 1.82) is 0 Å². The minimum Gasteiger partial charge on any atom is -0.304 e. The molecule has 0 N–H and O–H groups in total. The number of para-hydroxylation sites is 1. The molecule has 0 spiro atoms. The predicted octanol–water partition coefficient (Wildman–Crippen LogP) is 1.90. The molecule has 0 unspecified atom stereocenters. The molecule has 1 radical (unpaired) electrons. The van der Waals surface area contributed by atoms with Gasteiger partial charge in [0.2, 0.25) is 0 Å². The number of hydrogen-bond donors (Lipinski definition) is 0. The molecule has 2 nitrogen and oxygen atoms in total. The quantitative estimate of drug-likeness (QED) is 0.636. The standard InChI is InChI=1S/C11H12NO/c13-9-12-8-4-3-6-10-5-1-2-7-11(10)12/h1-2,5,7H,3-4,6,8H2. The third-order valence-corrected chi connectivity index (χ3v) is 2.47. The highest BCUT2D eigenvalue weighted by atomic mass is 16.1. The Balaban J connectivity index is 2.41. The molecule has 2 heteroatoms. The molecular weight excluding hydrogens is 162 g/mol. The Bertz CT molecular complexity index is 309. The van der Waals surface area contributed by atoms with Gasteiger partial charge in [-0.2, -0.15) is 0 Å². The lowest BCUT2D eigenvalue weighted by atomic mass is 10.1. The molecule has 0 saturated heterocycles. The van der Waals surface area contributed by atoms with E-state index in [-0.39, 0.29) is 0 Å². The maximum absolute atomic E-state index is 10.7. The van der Waals surface area contributed by atoms with Crippen molar-refractivity contribution in [3.63, 3.8) is 0 Å². The first-order chi connectivity index (χ1) is 6.42. The number of fused-ring (bicyclic) bond motifs is 1. The third-order valence-electron chi connectivity index (χ3n) is 2.47. The van der Waals surface area contributed by atoms with Crippen LogP contribution in [0.2, 0.25) is 0 Å². The first-order valence-electron chi connectivity index (χ1n) is 4.65. The van der Waals surface area contributed by atoms with Crippen LogP contribution in [0.4, 0.5) is 5.69 Å². The first kappa shape index (κ1) is 8.30. The van der Waals surface area contributed by atoms with Gasteiger partial charge in [-0.25, -0.2) is 0 Å². The first-order valence-corrected chi connectivity index (χ1v) is 4.65. The molecule has 0 fully saturated rings. The van der Waals surface area contributed by atoms with Gasteiger partial charge < -0.3 is 4.90 Å². The van der Waals surface area contributed by atoms with Crippen LogP contribution in [0, 0.1) is 0 Å². The molecular formula is C11H12NO. The molecule has 0 aromatic heterocycles. The van der Waals surface area contributed by atoms with Gasteiger partial charge >= 0.3 is 6.41 Å². The van der Waals surface area contributed by atoms with E-state index in [4.69, 9.17) is 0 Å². The van der Waals surface area contributed by atoms with Crippen molar-refractivity contribution in [3.05, 3.63) is 29.8 Å². The number of nitrogens with zero attached hydrogens (tertiary/aromatic N) is 1. The van der Waals surface area contributed by atoms with E-state index in [9.17, 15) is 4.79 Å². The van der Waals surface area contributed by atoms with Crippen molar-refractivity contribution < 1.29 is 4.79 Å². The summed E-state index contributed by atoms with van der Waals surface area (Å²) in [6.07, 6.45) is 5.30. The molecule has 1 aliphatic rings. The van der Waals surface area contributed by atoms with Crippen LogP contribution in [0.1, 0.15) is 18.4 Å². The molecule has 0 saturated carbocycles. The van der Waals surface area contributed by atoms with Gasteiger partial charge in [-0.3, -0.25) is 4.79 Å². The summed E-state index contributed by atoms with van der Waals surface area (Å²) in [7, 11) is 0. The van der Waals surface area contributed by atoms with Gasteiger partial charge in [-0.1, -0.05) is 18.2 Å². The summed E-state index contributed by atoms with van der Waals surface area (Å²) in [5.41, 5.74) is 2.30. The molecule has 1 aromatic carbocycles. The van der Waals surface area contributed by atoms with Crippen molar-refractivity contribution in [2.75, 3.05) is 11.4 Å². The molecule has 67 valence electrons. The van der Waals surface area contributed by atoms with Crippen molar-refractivity contribution in [2.24, 2.45) is 0 Å². The highest BCUT2D eigenvalue weighted by Crippen LogP contribution is 2.24. The van der Waals surface area contributed by atoms with E-state index in [1.54, 1.807) is 4.90 Å². The van der Waals surface area contributed by atoms with Crippen LogP contribution >= 0.6 is 0 Å². The second-order valence-electron chi connectivity index (χ2n) is 3.33. The van der Waals surface area contributed by atoms with Crippen molar-refractivity contribution in [3.8, 4) is 0 Å². The van der Waals surface area contributed by atoms with Crippen molar-refractivity contribution in [2.45, 2.75) is 19.3 Å². The van der Waals surface area contributed by atoms with Gasteiger partial charge in [0.05, 0.1) is 0 Å². The van der Waals surface area contributed by atoms with E-state index in [2.05, 4.69) is 6.07 Å². The molecule has 13 heavy (non-hydrogen) atoms. The number of aryl methyl sites for hydroxylation is 1. The molecule has 0 atom stereocenters. The second-order valence-corrected chi connectivity index (χ2v) is 3.33. The fourth-order valence-electron chi connectivity index (χ4n) is 1.79. The zero-order valence-corrected chi connectivity index (χ0v) is 7.49. The van der Waals surface area contributed by atoms with Crippen LogP contribution < -0.4 is 4.90 Å². The maximum Gasteiger partial charge on any atom is 0.316 e. The number of carbonyl (C=O) groups excluding carboxylic acids is 1. The van der Waals surface area contributed by atoms with Gasteiger partial charge in [0.1, 0.15) is 0 Å². The average molecular weight is 174 g/mol. The Morgan fingerprint density at radius 3 is 2.92 bits per heavy atom. The van der Waals surface area contributed by atoms with Gasteiger partial charge in [0.25, 0.3) is 0 Å². The van der Waals surface area contributed by atoms with Gasteiger partial charge in [0.15, 0.2) is 0 Å². The van der Waals surface area contributed by atoms with E-state index in [0.29, 0.717) is 0 Å². The summed E-state index contributed by atoms with van der Waals surface area (Å²) < 4.78 is 0. The minimum absolute atomic E-state index is 0.806. The molecule has 1 amide bonds. The SMILES string of the molecule is O=[C]N1CCCCc2ccccc21. The van der Waals surface area contributed by atoms with Crippen LogP contribution in [-0.2, 0) is 11.2 Å². The van der Waals surface area contributed by atoms with Crippen LogP contribution in [-0.4, -0.2) is 13.0 Å². The number of benzene rings is 1. The van der Waals surface area contributed by atoms with Crippen LogP contribution in [0.15, 0.2) is 24.3 Å². The number of anilines is 1. The minimum atomic E-state index is 0.806. The molecule has 0 bridgehead atoms. The summed E-state index contributed by atoms with van der Waals surface area (Å²) in [5.74, 6) is 0. The summed E-state index contributed by atoms with van der Waals surface area (Å²) in [6, 6.07) is 8.07. The Morgan fingerprint density at radius 1 is 1.23 bits per heavy atom. The predicted molar refractivity (Wildman–Crippen MR) is 52.4 cm³/mol. The van der Waals surface area contributed by atoms with E-state index in [0.717, 1.165) is 31.5 Å². The van der Waals surface area contributed by atoms with Crippen molar-refractivity contribution in [1.82, 2.24) is 0 Å². The lowest BCUT2D eigenvalue weighted by Gasteiger charge is -2.15. The lowest BCUT2D eigenvalue weighted by Crippen LogP contribution is -2.21. The maximum atomic E-state index is 10.7. The Kier molecular flexibility index (Phi) is 2.30. The van der Waals surface area contributed by atoms with E-state index in [1.165, 1.54) is 5.56 Å². The van der Waals surface area contributed by atoms with Crippen molar-refractivity contribution >= 4 is 12.1 Å². The largest absolute Gasteiger partial charge is 0.316 e. The summed E-state index contributed by atoms with van der Waals surface area (Å²) in [5, 5.41) is 0. The monoisotopic (exact) mass is 174 g/mol. The van der Waals surface area contributed by atoms with Gasteiger partial charge in [0, 0.05) is 12.2 Å². The molecule has 1 heterocycles. The number of amides is 1. The number of hydrogen-bond acceptors (Lipinski definition) is 1. The van der Waals surface area contributed by atoms with Gasteiger partial charge in [-0.15, -0.1) is 0 Å². The van der Waals surface area contributed by atoms with E-state index < -0.39 is 0 Å². The lowest BCUT2D eigenvalue weighted by molar-refractivity contribution is 0.550. The fraction of sp³-hybridized carbons (Fsp3) is 0.364. The van der Waals surface area contributed by atoms with E-state index in [1.807, 2.05) is 24.6 Å². The van der Waals surface area contributed by atoms with E-state index >= 15 is 0 Å². The Morgan fingerprint density at radius 2 is 2.08 bits per heavy atom.